The van der Waals surface area contributed by atoms with E-state index in [0.717, 1.165) is 17.8 Å². The molecule has 0 aromatic rings. The Morgan fingerprint density at radius 2 is 1.83 bits per heavy atom. The molecule has 2 unspecified atom stereocenters. The Labute approximate surface area is 77.7 Å². The summed E-state index contributed by atoms with van der Waals surface area (Å²) in [6.07, 6.45) is 8.84. The van der Waals surface area contributed by atoms with Gasteiger partial charge in [-0.2, -0.15) is 0 Å². The Morgan fingerprint density at radius 1 is 1.17 bits per heavy atom. The molecule has 0 aliphatic heterocycles. The van der Waals surface area contributed by atoms with Gasteiger partial charge in [-0.3, -0.25) is 0 Å². The van der Waals surface area contributed by atoms with E-state index in [9.17, 15) is 0 Å². The van der Waals surface area contributed by atoms with Crippen LogP contribution in [0.5, 0.6) is 0 Å². The van der Waals surface area contributed by atoms with Crippen LogP contribution >= 0.6 is 0 Å². The molecule has 1 saturated carbocycles. The zero-order chi connectivity index (χ0) is 8.97. The van der Waals surface area contributed by atoms with Crippen molar-refractivity contribution in [3.8, 4) is 0 Å². The Bertz CT molecular complexity index is 113. The average Bonchev–Trinajstić information content (AvgIpc) is 2.83. The van der Waals surface area contributed by atoms with E-state index in [4.69, 9.17) is 0 Å². The monoisotopic (exact) mass is 168 g/mol. The highest BCUT2D eigenvalue weighted by Gasteiger charge is 2.21. The summed E-state index contributed by atoms with van der Waals surface area (Å²) in [5, 5.41) is 0. The Kier molecular flexibility index (Phi) is 4.11. The molecular weight excluding hydrogens is 144 g/mol. The van der Waals surface area contributed by atoms with E-state index in [0.29, 0.717) is 0 Å². The zero-order valence-electron chi connectivity index (χ0n) is 8.97. The topological polar surface area (TPSA) is 0 Å². The Balaban J connectivity index is 1.97. The first-order valence-electron chi connectivity index (χ1n) is 5.72. The van der Waals surface area contributed by atoms with Crippen molar-refractivity contribution in [1.29, 1.82) is 0 Å². The molecule has 0 bridgehead atoms. The molecule has 0 heterocycles. The average molecular weight is 168 g/mol. The third kappa shape index (κ3) is 4.13. The summed E-state index contributed by atoms with van der Waals surface area (Å²) in [5.74, 6) is 3.05. The lowest BCUT2D eigenvalue weighted by atomic mass is 9.91. The molecule has 0 heteroatoms. The molecule has 0 N–H and O–H groups in total. The molecule has 0 spiro atoms. The largest absolute Gasteiger partial charge is 0.0651 e. The van der Waals surface area contributed by atoms with Crippen LogP contribution in [0.15, 0.2) is 0 Å². The smallest absolute Gasteiger partial charge is 0.0414 e. The third-order valence-electron chi connectivity index (χ3n) is 3.27. The molecule has 1 aliphatic carbocycles. The maximum atomic E-state index is 2.43. The predicted molar refractivity (Wildman–Crippen MR) is 55.2 cm³/mol. The minimum Gasteiger partial charge on any atom is -0.0651 e. The molecule has 0 nitrogen and oxygen atoms in total. The molecule has 2 atom stereocenters. The second-order valence-corrected chi connectivity index (χ2v) is 4.88. The van der Waals surface area contributed by atoms with Crippen molar-refractivity contribution >= 4 is 0 Å². The molecule has 0 aromatic heterocycles. The lowest BCUT2D eigenvalue weighted by Crippen LogP contribution is -2.02. The molecule has 1 aliphatic rings. The van der Waals surface area contributed by atoms with E-state index in [1.165, 1.54) is 38.5 Å². The standard InChI is InChI=1S/C12H24/c1-4-10(2)9-11(3)5-6-12-7-8-12/h10-12H,4-9H2,1-3H3. The highest BCUT2D eigenvalue weighted by molar-refractivity contribution is 4.74. The van der Waals surface area contributed by atoms with Crippen LogP contribution < -0.4 is 0 Å². The SMILES string of the molecule is CCC(C)CC(C)CCC1CC1. The van der Waals surface area contributed by atoms with Crippen LogP contribution in [0.4, 0.5) is 0 Å². The summed E-state index contributed by atoms with van der Waals surface area (Å²) in [4.78, 5) is 0. The maximum Gasteiger partial charge on any atom is -0.0414 e. The van der Waals surface area contributed by atoms with Crippen LogP contribution in [0.1, 0.15) is 59.3 Å². The molecule has 12 heavy (non-hydrogen) atoms. The number of hydrogen-bond acceptors (Lipinski definition) is 0. The first-order chi connectivity index (χ1) is 5.72. The van der Waals surface area contributed by atoms with Gasteiger partial charge in [0.05, 0.1) is 0 Å². The van der Waals surface area contributed by atoms with Gasteiger partial charge >= 0.3 is 0 Å². The molecule has 72 valence electrons. The van der Waals surface area contributed by atoms with Crippen LogP contribution in [0.3, 0.4) is 0 Å². The maximum absolute atomic E-state index is 2.43. The fraction of sp³-hybridized carbons (Fsp3) is 1.00. The van der Waals surface area contributed by atoms with Gasteiger partial charge in [0.1, 0.15) is 0 Å². The summed E-state index contributed by atoms with van der Waals surface area (Å²) >= 11 is 0. The summed E-state index contributed by atoms with van der Waals surface area (Å²) in [6.45, 7) is 7.11. The molecule has 0 radical (unpaired) electrons. The van der Waals surface area contributed by atoms with Gasteiger partial charge in [0.2, 0.25) is 0 Å². The van der Waals surface area contributed by atoms with E-state index >= 15 is 0 Å². The summed E-state index contributed by atoms with van der Waals surface area (Å²) in [6, 6.07) is 0. The zero-order valence-corrected chi connectivity index (χ0v) is 8.97. The van der Waals surface area contributed by atoms with Crippen molar-refractivity contribution in [2.75, 3.05) is 0 Å². The van der Waals surface area contributed by atoms with Gasteiger partial charge in [0.25, 0.3) is 0 Å². The van der Waals surface area contributed by atoms with E-state index in [2.05, 4.69) is 20.8 Å². The highest BCUT2D eigenvalue weighted by atomic mass is 14.3. The third-order valence-corrected chi connectivity index (χ3v) is 3.27. The molecule has 1 fully saturated rings. The van der Waals surface area contributed by atoms with Gasteiger partial charge in [-0.25, -0.2) is 0 Å². The van der Waals surface area contributed by atoms with Gasteiger partial charge in [0, 0.05) is 0 Å². The molecule has 0 saturated heterocycles. The minimum absolute atomic E-state index is 0.944. The van der Waals surface area contributed by atoms with Gasteiger partial charge < -0.3 is 0 Å². The van der Waals surface area contributed by atoms with Crippen LogP contribution in [0, 0.1) is 17.8 Å². The lowest BCUT2D eigenvalue weighted by molar-refractivity contribution is 0.373. The Morgan fingerprint density at radius 3 is 2.33 bits per heavy atom. The fourth-order valence-electron chi connectivity index (χ4n) is 1.90. The number of rotatable bonds is 6. The highest BCUT2D eigenvalue weighted by Crippen LogP contribution is 2.35. The summed E-state index contributed by atoms with van der Waals surface area (Å²) < 4.78 is 0. The van der Waals surface area contributed by atoms with Gasteiger partial charge in [0.15, 0.2) is 0 Å². The van der Waals surface area contributed by atoms with Gasteiger partial charge in [-0.1, -0.05) is 52.9 Å². The molecule has 0 aromatic carbocycles. The van der Waals surface area contributed by atoms with E-state index in [1.807, 2.05) is 0 Å². The predicted octanol–water partition coefficient (Wildman–Crippen LogP) is 4.25. The van der Waals surface area contributed by atoms with Crippen molar-refractivity contribution < 1.29 is 0 Å². The van der Waals surface area contributed by atoms with Crippen LogP contribution in [-0.2, 0) is 0 Å². The van der Waals surface area contributed by atoms with E-state index < -0.39 is 0 Å². The Hall–Kier alpha value is 0. The number of hydrogen-bond donors (Lipinski definition) is 0. The first kappa shape index (κ1) is 10.1. The van der Waals surface area contributed by atoms with Crippen molar-refractivity contribution in [1.82, 2.24) is 0 Å². The van der Waals surface area contributed by atoms with Crippen LogP contribution in [-0.4, -0.2) is 0 Å². The lowest BCUT2D eigenvalue weighted by Gasteiger charge is -2.15. The van der Waals surface area contributed by atoms with Crippen molar-refractivity contribution in [3.63, 3.8) is 0 Å². The molecule has 0 amide bonds. The van der Waals surface area contributed by atoms with E-state index in [-0.39, 0.29) is 0 Å². The molecular formula is C12H24. The van der Waals surface area contributed by atoms with Gasteiger partial charge in [-0.05, 0) is 24.2 Å². The quantitative estimate of drug-likeness (QED) is 0.556. The van der Waals surface area contributed by atoms with Crippen molar-refractivity contribution in [2.24, 2.45) is 17.8 Å². The fourth-order valence-corrected chi connectivity index (χ4v) is 1.90. The molecule has 1 rings (SSSR count). The first-order valence-corrected chi connectivity index (χ1v) is 5.72. The second-order valence-electron chi connectivity index (χ2n) is 4.88. The van der Waals surface area contributed by atoms with Crippen LogP contribution in [0.25, 0.3) is 0 Å². The summed E-state index contributed by atoms with van der Waals surface area (Å²) in [5.41, 5.74) is 0. The summed E-state index contributed by atoms with van der Waals surface area (Å²) in [7, 11) is 0. The second kappa shape index (κ2) is 4.89. The van der Waals surface area contributed by atoms with E-state index in [1.54, 1.807) is 0 Å². The van der Waals surface area contributed by atoms with Gasteiger partial charge in [-0.15, -0.1) is 0 Å². The van der Waals surface area contributed by atoms with Crippen molar-refractivity contribution in [2.45, 2.75) is 59.3 Å². The normalized spacial score (nSPS) is 22.2. The minimum atomic E-state index is 0.944. The van der Waals surface area contributed by atoms with Crippen molar-refractivity contribution in [3.05, 3.63) is 0 Å². The van der Waals surface area contributed by atoms with Crippen LogP contribution in [0.2, 0.25) is 0 Å².